The maximum Gasteiger partial charge on any atom is 0.374 e. The van der Waals surface area contributed by atoms with Crippen molar-refractivity contribution in [1.29, 1.82) is 0 Å². The lowest BCUT2D eigenvalue weighted by Crippen LogP contribution is -1.97. The van der Waals surface area contributed by atoms with Crippen LogP contribution in [-0.4, -0.2) is 21.0 Å². The predicted octanol–water partition coefficient (Wildman–Crippen LogP) is 1.74. The first-order valence-electron chi connectivity index (χ1n) is 4.30. The summed E-state index contributed by atoms with van der Waals surface area (Å²) in [6, 6.07) is 5.19. The van der Waals surface area contributed by atoms with Crippen molar-refractivity contribution in [3.05, 3.63) is 36.0 Å². The molecule has 2 rings (SSSR count). The zero-order valence-corrected chi connectivity index (χ0v) is 7.97. The van der Waals surface area contributed by atoms with Gasteiger partial charge in [0.25, 0.3) is 0 Å². The van der Waals surface area contributed by atoms with Crippen LogP contribution in [0.4, 0.5) is 0 Å². The van der Waals surface area contributed by atoms with Crippen LogP contribution in [0.15, 0.2) is 28.8 Å². The molecule has 5 nitrogen and oxygen atoms in total. The first-order valence-corrected chi connectivity index (χ1v) is 4.30. The highest BCUT2D eigenvalue weighted by Gasteiger charge is 2.19. The maximum absolute atomic E-state index is 10.8. The maximum atomic E-state index is 10.8. The number of nitrogens with zero attached hydrogens (tertiary/aromatic N) is 2. The zero-order chi connectivity index (χ0) is 10.8. The van der Waals surface area contributed by atoms with E-state index in [9.17, 15) is 4.79 Å². The van der Waals surface area contributed by atoms with Crippen LogP contribution >= 0.6 is 0 Å². The van der Waals surface area contributed by atoms with Crippen LogP contribution in [0.25, 0.3) is 11.4 Å². The number of aromatic carboxylic acids is 1. The Hall–Kier alpha value is -2.17. The van der Waals surface area contributed by atoms with E-state index >= 15 is 0 Å². The van der Waals surface area contributed by atoms with Crippen molar-refractivity contribution in [3.8, 4) is 11.4 Å². The number of oxazole rings is 1. The molecule has 76 valence electrons. The molecule has 0 aromatic carbocycles. The molecule has 0 saturated carbocycles. The zero-order valence-electron chi connectivity index (χ0n) is 7.97. The number of aryl methyl sites for hydroxylation is 1. The average molecular weight is 204 g/mol. The molecular formula is C10H8N2O3. The molecule has 0 aliphatic carbocycles. The molecule has 0 atom stereocenters. The Morgan fingerprint density at radius 2 is 2.27 bits per heavy atom. The normalized spacial score (nSPS) is 10.2. The molecule has 15 heavy (non-hydrogen) atoms. The van der Waals surface area contributed by atoms with E-state index in [4.69, 9.17) is 9.52 Å². The molecule has 0 bridgehead atoms. The van der Waals surface area contributed by atoms with Gasteiger partial charge < -0.3 is 9.52 Å². The summed E-state index contributed by atoms with van der Waals surface area (Å²) < 4.78 is 4.98. The second kappa shape index (κ2) is 3.53. The fraction of sp³-hybridized carbons (Fsp3) is 0.100. The van der Waals surface area contributed by atoms with Crippen molar-refractivity contribution < 1.29 is 14.3 Å². The Balaban J connectivity index is 2.58. The van der Waals surface area contributed by atoms with E-state index in [0.29, 0.717) is 11.6 Å². The minimum atomic E-state index is -1.14. The third-order valence-electron chi connectivity index (χ3n) is 1.84. The Bertz CT molecular complexity index is 491. The molecule has 2 heterocycles. The van der Waals surface area contributed by atoms with Crippen LogP contribution in [-0.2, 0) is 0 Å². The smallest absolute Gasteiger partial charge is 0.374 e. The largest absolute Gasteiger partial charge is 0.475 e. The highest BCUT2D eigenvalue weighted by atomic mass is 16.4. The molecule has 0 fully saturated rings. The SMILES string of the molecule is Cc1nc(-c2ccccn2)c(C(=O)O)o1. The topological polar surface area (TPSA) is 76.2 Å². The van der Waals surface area contributed by atoms with Gasteiger partial charge in [0.15, 0.2) is 5.89 Å². The number of carbonyl (C=O) groups is 1. The third-order valence-corrected chi connectivity index (χ3v) is 1.84. The lowest BCUT2D eigenvalue weighted by molar-refractivity contribution is 0.0662. The van der Waals surface area contributed by atoms with Crippen LogP contribution < -0.4 is 0 Å². The van der Waals surface area contributed by atoms with Gasteiger partial charge in [-0.25, -0.2) is 9.78 Å². The first kappa shape index (κ1) is 9.39. The molecule has 0 aliphatic heterocycles. The Morgan fingerprint density at radius 1 is 1.47 bits per heavy atom. The first-order chi connectivity index (χ1) is 7.18. The van der Waals surface area contributed by atoms with Gasteiger partial charge >= 0.3 is 5.97 Å². The van der Waals surface area contributed by atoms with E-state index in [-0.39, 0.29) is 11.5 Å². The molecule has 0 saturated heterocycles. The molecule has 0 spiro atoms. The Morgan fingerprint density at radius 3 is 2.87 bits per heavy atom. The summed E-state index contributed by atoms with van der Waals surface area (Å²) in [7, 11) is 0. The van der Waals surface area contributed by atoms with Gasteiger partial charge in [-0.2, -0.15) is 0 Å². The summed E-state index contributed by atoms with van der Waals surface area (Å²) in [5.41, 5.74) is 0.757. The summed E-state index contributed by atoms with van der Waals surface area (Å²) in [6.07, 6.45) is 1.57. The highest BCUT2D eigenvalue weighted by Crippen LogP contribution is 2.21. The summed E-state index contributed by atoms with van der Waals surface area (Å²) in [5.74, 6) is -1.00. The summed E-state index contributed by atoms with van der Waals surface area (Å²) in [6.45, 7) is 1.60. The van der Waals surface area contributed by atoms with Gasteiger partial charge in [0.05, 0.1) is 5.69 Å². The summed E-state index contributed by atoms with van der Waals surface area (Å²) in [4.78, 5) is 18.9. The number of carboxylic acids is 1. The second-order valence-corrected chi connectivity index (χ2v) is 2.93. The molecule has 0 radical (unpaired) electrons. The molecule has 0 unspecified atom stereocenters. The molecule has 2 aromatic rings. The number of rotatable bonds is 2. The number of aromatic nitrogens is 2. The number of hydrogen-bond acceptors (Lipinski definition) is 4. The summed E-state index contributed by atoms with van der Waals surface area (Å²) in [5, 5.41) is 8.88. The van der Waals surface area contributed by atoms with Gasteiger partial charge in [0, 0.05) is 13.1 Å². The van der Waals surface area contributed by atoms with E-state index in [1.165, 1.54) is 0 Å². The number of hydrogen-bond donors (Lipinski definition) is 1. The lowest BCUT2D eigenvalue weighted by Gasteiger charge is -1.94. The van der Waals surface area contributed by atoms with Crippen molar-refractivity contribution in [2.24, 2.45) is 0 Å². The summed E-state index contributed by atoms with van der Waals surface area (Å²) >= 11 is 0. The van der Waals surface area contributed by atoms with E-state index < -0.39 is 5.97 Å². The van der Waals surface area contributed by atoms with Crippen LogP contribution in [0.2, 0.25) is 0 Å². The van der Waals surface area contributed by atoms with Crippen molar-refractivity contribution in [2.45, 2.75) is 6.92 Å². The molecule has 2 aromatic heterocycles. The van der Waals surface area contributed by atoms with Crippen LogP contribution in [0.1, 0.15) is 16.4 Å². The van der Waals surface area contributed by atoms with Crippen molar-refractivity contribution in [1.82, 2.24) is 9.97 Å². The molecular weight excluding hydrogens is 196 g/mol. The van der Waals surface area contributed by atoms with Gasteiger partial charge in [0.2, 0.25) is 5.76 Å². The standard InChI is InChI=1S/C10H8N2O3/c1-6-12-8(9(15-6)10(13)14)7-4-2-3-5-11-7/h2-5H,1H3,(H,13,14). The average Bonchev–Trinajstić information content (AvgIpc) is 2.62. The van der Waals surface area contributed by atoms with Crippen molar-refractivity contribution >= 4 is 5.97 Å². The van der Waals surface area contributed by atoms with Crippen LogP contribution in [0, 0.1) is 6.92 Å². The van der Waals surface area contributed by atoms with Gasteiger partial charge in [-0.3, -0.25) is 4.98 Å². The second-order valence-electron chi connectivity index (χ2n) is 2.93. The monoisotopic (exact) mass is 204 g/mol. The van der Waals surface area contributed by atoms with Gasteiger partial charge in [0.1, 0.15) is 5.69 Å². The molecule has 0 amide bonds. The van der Waals surface area contributed by atoms with Gasteiger partial charge in [-0.05, 0) is 12.1 Å². The minimum Gasteiger partial charge on any atom is -0.475 e. The van der Waals surface area contributed by atoms with Crippen molar-refractivity contribution in [3.63, 3.8) is 0 Å². The fourth-order valence-electron chi connectivity index (χ4n) is 1.25. The van der Waals surface area contributed by atoms with Crippen molar-refractivity contribution in [2.75, 3.05) is 0 Å². The van der Waals surface area contributed by atoms with Crippen LogP contribution in [0.3, 0.4) is 0 Å². The molecule has 5 heteroatoms. The quantitative estimate of drug-likeness (QED) is 0.806. The molecule has 0 aliphatic rings. The Labute approximate surface area is 85.4 Å². The van der Waals surface area contributed by atoms with Gasteiger partial charge in [-0.15, -0.1) is 0 Å². The predicted molar refractivity (Wildman–Crippen MR) is 51.4 cm³/mol. The minimum absolute atomic E-state index is 0.175. The van der Waals surface area contributed by atoms with Gasteiger partial charge in [-0.1, -0.05) is 6.07 Å². The molecule has 1 N–H and O–H groups in total. The number of carboxylic acid groups (broad SMARTS) is 1. The lowest BCUT2D eigenvalue weighted by atomic mass is 10.2. The fourth-order valence-corrected chi connectivity index (χ4v) is 1.25. The highest BCUT2D eigenvalue weighted by molar-refractivity contribution is 5.91. The Kier molecular flexibility index (Phi) is 2.21. The third kappa shape index (κ3) is 1.71. The van der Waals surface area contributed by atoms with E-state index in [1.54, 1.807) is 31.3 Å². The van der Waals surface area contributed by atoms with E-state index in [2.05, 4.69) is 9.97 Å². The van der Waals surface area contributed by atoms with E-state index in [0.717, 1.165) is 0 Å². The number of pyridine rings is 1. The van der Waals surface area contributed by atoms with Crippen LogP contribution in [0.5, 0.6) is 0 Å². The van der Waals surface area contributed by atoms with E-state index in [1.807, 2.05) is 0 Å².